The van der Waals surface area contributed by atoms with Crippen molar-refractivity contribution in [2.24, 2.45) is 0 Å². The Bertz CT molecular complexity index is 783. The Morgan fingerprint density at radius 1 is 1.05 bits per heavy atom. The van der Waals surface area contributed by atoms with Crippen LogP contribution in [0.4, 0.5) is 4.39 Å². The first-order valence-corrected chi connectivity index (χ1v) is 7.16. The van der Waals surface area contributed by atoms with E-state index >= 15 is 0 Å². The first-order valence-electron chi connectivity index (χ1n) is 7.16. The van der Waals surface area contributed by atoms with Gasteiger partial charge in [0, 0.05) is 5.56 Å². The van der Waals surface area contributed by atoms with E-state index in [1.807, 2.05) is 35.0 Å². The van der Waals surface area contributed by atoms with Crippen LogP contribution in [0.1, 0.15) is 17.4 Å². The lowest BCUT2D eigenvalue weighted by molar-refractivity contribution is -0.00109. The lowest BCUT2D eigenvalue weighted by Gasteiger charge is -2.24. The smallest absolute Gasteiger partial charge is 0.123 e. The first kappa shape index (κ1) is 13.2. The van der Waals surface area contributed by atoms with Crippen molar-refractivity contribution < 1.29 is 9.13 Å². The van der Waals surface area contributed by atoms with E-state index in [4.69, 9.17) is 4.74 Å². The molecular formula is C17H14FN3O. The second-order valence-electron chi connectivity index (χ2n) is 5.28. The van der Waals surface area contributed by atoms with Gasteiger partial charge in [-0.15, -0.1) is 5.10 Å². The van der Waals surface area contributed by atoms with E-state index in [0.717, 1.165) is 22.5 Å². The minimum Gasteiger partial charge on any atom is -0.365 e. The van der Waals surface area contributed by atoms with Crippen LogP contribution in [0, 0.1) is 5.82 Å². The summed E-state index contributed by atoms with van der Waals surface area (Å²) in [6, 6.07) is 16.4. The zero-order chi connectivity index (χ0) is 14.9. The number of hydrogen-bond donors (Lipinski definition) is 0. The predicted molar refractivity (Wildman–Crippen MR) is 79.4 cm³/mol. The second kappa shape index (κ2) is 5.35. The van der Waals surface area contributed by atoms with Crippen LogP contribution >= 0.6 is 0 Å². The highest BCUT2D eigenvalue weighted by atomic mass is 19.1. The molecule has 1 aromatic heterocycles. The van der Waals surface area contributed by atoms with Crippen molar-refractivity contribution >= 4 is 0 Å². The quantitative estimate of drug-likeness (QED) is 0.728. The molecule has 110 valence electrons. The highest BCUT2D eigenvalue weighted by Gasteiger charge is 2.25. The molecule has 0 spiro atoms. The number of nitrogens with zero attached hydrogens (tertiary/aromatic N) is 3. The molecule has 22 heavy (non-hydrogen) atoms. The minimum absolute atomic E-state index is 0.0172. The average Bonchev–Trinajstić information content (AvgIpc) is 2.99. The molecule has 0 fully saturated rings. The van der Waals surface area contributed by atoms with Crippen molar-refractivity contribution in [3.8, 4) is 11.3 Å². The lowest BCUT2D eigenvalue weighted by atomic mass is 10.1. The van der Waals surface area contributed by atoms with Gasteiger partial charge in [-0.3, -0.25) is 0 Å². The molecule has 2 aromatic carbocycles. The standard InChI is InChI=1S/C17H14FN3O/c18-14-8-6-13(7-9-14)17-15-11-22-16(10-21(15)20-19-17)12-4-2-1-3-5-12/h1-9,16H,10-11H2. The van der Waals surface area contributed by atoms with Crippen molar-refractivity contribution in [1.82, 2.24) is 15.0 Å². The molecule has 0 radical (unpaired) electrons. The van der Waals surface area contributed by atoms with Gasteiger partial charge in [0.15, 0.2) is 0 Å². The molecule has 1 aliphatic rings. The molecule has 0 amide bonds. The SMILES string of the molecule is Fc1ccc(-c2nnn3c2COC(c2ccccc2)C3)cc1. The molecule has 2 heterocycles. The van der Waals surface area contributed by atoms with Gasteiger partial charge in [0.2, 0.25) is 0 Å². The molecule has 0 bridgehead atoms. The number of benzene rings is 2. The van der Waals surface area contributed by atoms with Gasteiger partial charge in [-0.1, -0.05) is 35.5 Å². The van der Waals surface area contributed by atoms with E-state index in [1.54, 1.807) is 12.1 Å². The molecule has 0 aliphatic carbocycles. The summed E-state index contributed by atoms with van der Waals surface area (Å²) in [5, 5.41) is 8.46. The van der Waals surface area contributed by atoms with Crippen molar-refractivity contribution in [3.63, 3.8) is 0 Å². The van der Waals surface area contributed by atoms with Gasteiger partial charge < -0.3 is 4.74 Å². The molecule has 1 atom stereocenters. The maximum atomic E-state index is 13.0. The number of hydrogen-bond acceptors (Lipinski definition) is 3. The van der Waals surface area contributed by atoms with Gasteiger partial charge >= 0.3 is 0 Å². The maximum absolute atomic E-state index is 13.0. The third-order valence-electron chi connectivity index (χ3n) is 3.89. The van der Waals surface area contributed by atoms with Crippen molar-refractivity contribution in [1.29, 1.82) is 0 Å². The Kier molecular flexibility index (Phi) is 3.20. The summed E-state index contributed by atoms with van der Waals surface area (Å²) in [7, 11) is 0. The van der Waals surface area contributed by atoms with Crippen molar-refractivity contribution in [2.45, 2.75) is 19.3 Å². The van der Waals surface area contributed by atoms with Gasteiger partial charge in [0.1, 0.15) is 17.6 Å². The minimum atomic E-state index is -0.259. The third-order valence-corrected chi connectivity index (χ3v) is 3.89. The average molecular weight is 295 g/mol. The Morgan fingerprint density at radius 2 is 1.82 bits per heavy atom. The van der Waals surface area contributed by atoms with E-state index in [2.05, 4.69) is 10.3 Å². The topological polar surface area (TPSA) is 39.9 Å². The van der Waals surface area contributed by atoms with Crippen LogP contribution in [0.25, 0.3) is 11.3 Å². The van der Waals surface area contributed by atoms with Gasteiger partial charge in [0.05, 0.1) is 18.8 Å². The number of aromatic nitrogens is 3. The van der Waals surface area contributed by atoms with Gasteiger partial charge in [-0.2, -0.15) is 0 Å². The highest BCUT2D eigenvalue weighted by Crippen LogP contribution is 2.30. The van der Waals surface area contributed by atoms with E-state index in [9.17, 15) is 4.39 Å². The summed E-state index contributed by atoms with van der Waals surface area (Å²) < 4.78 is 20.9. The Balaban J connectivity index is 1.64. The van der Waals surface area contributed by atoms with Crippen LogP contribution < -0.4 is 0 Å². The summed E-state index contributed by atoms with van der Waals surface area (Å²) in [6.45, 7) is 1.08. The van der Waals surface area contributed by atoms with Gasteiger partial charge in [-0.25, -0.2) is 9.07 Å². The van der Waals surface area contributed by atoms with Crippen molar-refractivity contribution in [3.05, 3.63) is 71.7 Å². The highest BCUT2D eigenvalue weighted by molar-refractivity contribution is 5.61. The first-order chi connectivity index (χ1) is 10.8. The number of rotatable bonds is 2. The summed E-state index contributed by atoms with van der Waals surface area (Å²) in [5.74, 6) is -0.259. The molecule has 1 unspecified atom stereocenters. The molecule has 4 rings (SSSR count). The fraction of sp³-hybridized carbons (Fsp3) is 0.176. The second-order valence-corrected chi connectivity index (χ2v) is 5.28. The molecular weight excluding hydrogens is 281 g/mol. The van der Waals surface area contributed by atoms with Crippen LogP contribution in [0.2, 0.25) is 0 Å². The van der Waals surface area contributed by atoms with Crippen LogP contribution in [0.5, 0.6) is 0 Å². The molecule has 1 aliphatic heterocycles. The Hall–Kier alpha value is -2.53. The molecule has 3 aromatic rings. The lowest BCUT2D eigenvalue weighted by Crippen LogP contribution is -2.22. The van der Waals surface area contributed by atoms with Crippen LogP contribution in [-0.4, -0.2) is 15.0 Å². The fourth-order valence-electron chi connectivity index (χ4n) is 2.71. The number of fused-ring (bicyclic) bond motifs is 1. The van der Waals surface area contributed by atoms with Crippen molar-refractivity contribution in [2.75, 3.05) is 0 Å². The van der Waals surface area contributed by atoms with Crippen LogP contribution in [-0.2, 0) is 17.9 Å². The predicted octanol–water partition coefficient (Wildman–Crippen LogP) is 3.36. The molecule has 5 heteroatoms. The summed E-state index contributed by atoms with van der Waals surface area (Å²) >= 11 is 0. The van der Waals surface area contributed by atoms with E-state index in [1.165, 1.54) is 12.1 Å². The molecule has 0 saturated heterocycles. The van der Waals surface area contributed by atoms with Gasteiger partial charge in [-0.05, 0) is 29.8 Å². The fourth-order valence-corrected chi connectivity index (χ4v) is 2.71. The Labute approximate surface area is 127 Å². The summed E-state index contributed by atoms with van der Waals surface area (Å²) in [4.78, 5) is 0. The molecule has 4 nitrogen and oxygen atoms in total. The molecule has 0 saturated carbocycles. The third kappa shape index (κ3) is 2.29. The van der Waals surface area contributed by atoms with Gasteiger partial charge in [0.25, 0.3) is 0 Å². The normalized spacial score (nSPS) is 17.2. The zero-order valence-corrected chi connectivity index (χ0v) is 11.8. The van der Waals surface area contributed by atoms with E-state index in [-0.39, 0.29) is 11.9 Å². The monoisotopic (exact) mass is 295 g/mol. The number of ether oxygens (including phenoxy) is 1. The summed E-state index contributed by atoms with van der Waals surface area (Å²) in [5.41, 5.74) is 3.67. The Morgan fingerprint density at radius 3 is 2.59 bits per heavy atom. The number of halogens is 1. The zero-order valence-electron chi connectivity index (χ0n) is 11.8. The van der Waals surface area contributed by atoms with E-state index < -0.39 is 0 Å². The summed E-state index contributed by atoms with van der Waals surface area (Å²) in [6.07, 6.45) is -0.0172. The molecule has 0 N–H and O–H groups in total. The van der Waals surface area contributed by atoms with E-state index in [0.29, 0.717) is 13.2 Å². The van der Waals surface area contributed by atoms with Crippen LogP contribution in [0.15, 0.2) is 54.6 Å². The maximum Gasteiger partial charge on any atom is 0.123 e. The van der Waals surface area contributed by atoms with Crippen LogP contribution in [0.3, 0.4) is 0 Å². The largest absolute Gasteiger partial charge is 0.365 e.